The molecule has 0 aromatic heterocycles. The molecule has 0 spiro atoms. The van der Waals surface area contributed by atoms with Gasteiger partial charge in [-0.15, -0.1) is 0 Å². The average Bonchev–Trinajstić information content (AvgIpc) is 2.79. The molecule has 0 aliphatic carbocycles. The maximum Gasteiger partial charge on any atom is 0.275 e. The molecule has 2 rings (SSSR count). The van der Waals surface area contributed by atoms with Crippen molar-refractivity contribution < 1.29 is 22.8 Å². The Labute approximate surface area is 149 Å². The lowest BCUT2D eigenvalue weighted by atomic mass is 10.0. The first-order chi connectivity index (χ1) is 11.7. The van der Waals surface area contributed by atoms with Crippen LogP contribution in [0.1, 0.15) is 18.9 Å². The topological polar surface area (TPSA) is 76.9 Å². The SMILES string of the molecule is C=CCOc1ccc(C[NH+](C)CC(=O)N[C@@]2(C)CCS(=O)(=O)C2)cc1. The van der Waals surface area contributed by atoms with E-state index in [2.05, 4.69) is 11.9 Å². The molecule has 1 aromatic rings. The van der Waals surface area contributed by atoms with E-state index in [0.717, 1.165) is 16.2 Å². The van der Waals surface area contributed by atoms with Gasteiger partial charge in [0, 0.05) is 5.56 Å². The Hall–Kier alpha value is -1.86. The van der Waals surface area contributed by atoms with Crippen LogP contribution in [0.15, 0.2) is 36.9 Å². The number of carbonyl (C=O) groups is 1. The van der Waals surface area contributed by atoms with Crippen LogP contribution in [-0.2, 0) is 21.2 Å². The summed E-state index contributed by atoms with van der Waals surface area (Å²) in [6.45, 7) is 6.87. The van der Waals surface area contributed by atoms with Gasteiger partial charge in [0.2, 0.25) is 0 Å². The molecule has 138 valence electrons. The smallest absolute Gasteiger partial charge is 0.275 e. The van der Waals surface area contributed by atoms with Crippen LogP contribution in [0.4, 0.5) is 0 Å². The zero-order valence-electron chi connectivity index (χ0n) is 14.9. The second kappa shape index (κ2) is 8.01. The Morgan fingerprint density at radius 1 is 1.40 bits per heavy atom. The van der Waals surface area contributed by atoms with Gasteiger partial charge >= 0.3 is 0 Å². The molecule has 6 nitrogen and oxygen atoms in total. The van der Waals surface area contributed by atoms with Crippen molar-refractivity contribution in [2.24, 2.45) is 0 Å². The van der Waals surface area contributed by atoms with Crippen molar-refractivity contribution in [3.63, 3.8) is 0 Å². The summed E-state index contributed by atoms with van der Waals surface area (Å²) in [6.07, 6.45) is 2.17. The highest BCUT2D eigenvalue weighted by Gasteiger charge is 2.39. The summed E-state index contributed by atoms with van der Waals surface area (Å²) in [7, 11) is -1.09. The van der Waals surface area contributed by atoms with Crippen LogP contribution in [0, 0.1) is 0 Å². The molecule has 1 aromatic carbocycles. The van der Waals surface area contributed by atoms with Crippen LogP contribution >= 0.6 is 0 Å². The Balaban J connectivity index is 1.82. The predicted octanol–water partition coefficient (Wildman–Crippen LogP) is -0.0405. The molecular formula is C18H27N2O4S+. The molecule has 7 heteroatoms. The van der Waals surface area contributed by atoms with Crippen LogP contribution < -0.4 is 15.0 Å². The number of hydrogen-bond acceptors (Lipinski definition) is 4. The molecule has 0 bridgehead atoms. The minimum absolute atomic E-state index is 0.0248. The summed E-state index contributed by atoms with van der Waals surface area (Å²) in [6, 6.07) is 7.75. The second-order valence-corrected chi connectivity index (χ2v) is 9.19. The minimum atomic E-state index is -3.03. The van der Waals surface area contributed by atoms with Gasteiger partial charge in [-0.2, -0.15) is 0 Å². The molecule has 1 heterocycles. The summed E-state index contributed by atoms with van der Waals surface area (Å²) < 4.78 is 28.7. The van der Waals surface area contributed by atoms with Crippen LogP contribution in [0.25, 0.3) is 0 Å². The molecule has 2 atom stereocenters. The van der Waals surface area contributed by atoms with Crippen molar-refractivity contribution in [3.05, 3.63) is 42.5 Å². The number of nitrogens with one attached hydrogen (secondary N) is 2. The van der Waals surface area contributed by atoms with Crippen LogP contribution in [0.3, 0.4) is 0 Å². The van der Waals surface area contributed by atoms with Gasteiger partial charge in [0.25, 0.3) is 5.91 Å². The Morgan fingerprint density at radius 3 is 2.64 bits per heavy atom. The normalized spacial score (nSPS) is 23.0. The molecule has 1 fully saturated rings. The fraction of sp³-hybridized carbons (Fsp3) is 0.500. The monoisotopic (exact) mass is 367 g/mol. The van der Waals surface area contributed by atoms with E-state index in [4.69, 9.17) is 4.74 Å². The van der Waals surface area contributed by atoms with Gasteiger partial charge in [-0.25, -0.2) is 8.42 Å². The molecule has 2 N–H and O–H groups in total. The van der Waals surface area contributed by atoms with E-state index in [1.807, 2.05) is 31.3 Å². The molecule has 1 aliphatic rings. The van der Waals surface area contributed by atoms with Gasteiger partial charge in [-0.3, -0.25) is 4.79 Å². The number of benzene rings is 1. The highest BCUT2D eigenvalue weighted by atomic mass is 32.2. The number of hydrogen-bond donors (Lipinski definition) is 2. The second-order valence-electron chi connectivity index (χ2n) is 7.01. The molecule has 0 radical (unpaired) electrons. The first-order valence-corrected chi connectivity index (χ1v) is 10.2. The predicted molar refractivity (Wildman–Crippen MR) is 97.4 cm³/mol. The van der Waals surface area contributed by atoms with E-state index in [-0.39, 0.29) is 17.4 Å². The Kier molecular flexibility index (Phi) is 6.24. The zero-order chi connectivity index (χ0) is 18.5. The summed E-state index contributed by atoms with van der Waals surface area (Å²) in [4.78, 5) is 13.3. The van der Waals surface area contributed by atoms with E-state index in [1.165, 1.54) is 0 Å². The van der Waals surface area contributed by atoms with Crippen molar-refractivity contribution in [2.45, 2.75) is 25.4 Å². The van der Waals surface area contributed by atoms with Gasteiger partial charge in [0.1, 0.15) is 18.9 Å². The molecule has 25 heavy (non-hydrogen) atoms. The highest BCUT2D eigenvalue weighted by Crippen LogP contribution is 2.22. The van der Waals surface area contributed by atoms with E-state index in [1.54, 1.807) is 13.0 Å². The third kappa shape index (κ3) is 6.17. The number of rotatable bonds is 8. The summed E-state index contributed by atoms with van der Waals surface area (Å²) in [5.74, 6) is 0.835. The van der Waals surface area contributed by atoms with E-state index >= 15 is 0 Å². The summed E-state index contributed by atoms with van der Waals surface area (Å²) in [5, 5.41) is 2.89. The highest BCUT2D eigenvalue weighted by molar-refractivity contribution is 7.91. The maximum absolute atomic E-state index is 12.2. The first-order valence-electron chi connectivity index (χ1n) is 8.37. The van der Waals surface area contributed by atoms with Crippen LogP contribution in [0.5, 0.6) is 5.75 Å². The fourth-order valence-electron chi connectivity index (χ4n) is 3.03. The van der Waals surface area contributed by atoms with Gasteiger partial charge in [0.15, 0.2) is 16.4 Å². The lowest BCUT2D eigenvalue weighted by Crippen LogP contribution is -3.09. The number of carbonyl (C=O) groups excluding carboxylic acids is 1. The van der Waals surface area contributed by atoms with Gasteiger partial charge in [-0.05, 0) is 37.6 Å². The van der Waals surface area contributed by atoms with Gasteiger partial charge in [-0.1, -0.05) is 12.7 Å². The molecule has 1 amide bonds. The first kappa shape index (κ1) is 19.5. The van der Waals surface area contributed by atoms with E-state index in [0.29, 0.717) is 26.1 Å². The summed E-state index contributed by atoms with van der Waals surface area (Å²) in [5.41, 5.74) is 0.464. The van der Waals surface area contributed by atoms with Gasteiger partial charge in [0.05, 0.1) is 24.1 Å². The summed E-state index contributed by atoms with van der Waals surface area (Å²) >= 11 is 0. The Bertz CT molecular complexity index is 715. The maximum atomic E-state index is 12.2. The number of quaternary nitrogens is 1. The van der Waals surface area contributed by atoms with E-state index in [9.17, 15) is 13.2 Å². The largest absolute Gasteiger partial charge is 0.490 e. The lowest BCUT2D eigenvalue weighted by Gasteiger charge is -2.24. The van der Waals surface area contributed by atoms with Crippen molar-refractivity contribution in [1.29, 1.82) is 0 Å². The van der Waals surface area contributed by atoms with Crippen LogP contribution in [-0.4, -0.2) is 51.6 Å². The molecule has 1 saturated heterocycles. The third-order valence-corrected chi connectivity index (χ3v) is 6.11. The third-order valence-electron chi connectivity index (χ3n) is 4.20. The fourth-order valence-corrected chi connectivity index (χ4v) is 5.13. The number of sulfone groups is 1. The Morgan fingerprint density at radius 2 is 2.08 bits per heavy atom. The van der Waals surface area contributed by atoms with Crippen molar-refractivity contribution in [2.75, 3.05) is 31.7 Å². The van der Waals surface area contributed by atoms with Crippen molar-refractivity contribution >= 4 is 15.7 Å². The average molecular weight is 367 g/mol. The zero-order valence-corrected chi connectivity index (χ0v) is 15.7. The standard InChI is InChI=1S/C18H26N2O4S/c1-4-10-24-16-7-5-15(6-8-16)12-20(3)13-17(21)19-18(2)9-11-25(22,23)14-18/h4-8H,1,9-14H2,2-3H3,(H,19,21)/p+1/t18-/m0/s1. The quantitative estimate of drug-likeness (QED) is 0.632. The van der Waals surface area contributed by atoms with Gasteiger partial charge < -0.3 is 15.0 Å². The number of likely N-dealkylation sites (N-methyl/N-ethyl adjacent to an activating group) is 1. The minimum Gasteiger partial charge on any atom is -0.490 e. The van der Waals surface area contributed by atoms with E-state index < -0.39 is 15.4 Å². The number of amides is 1. The van der Waals surface area contributed by atoms with Crippen LogP contribution in [0.2, 0.25) is 0 Å². The lowest BCUT2D eigenvalue weighted by molar-refractivity contribution is -0.885. The molecule has 1 unspecified atom stereocenters. The van der Waals surface area contributed by atoms with Crippen molar-refractivity contribution in [1.82, 2.24) is 5.32 Å². The number of ether oxygens (including phenoxy) is 1. The molecule has 0 saturated carbocycles. The molecular weight excluding hydrogens is 340 g/mol. The van der Waals surface area contributed by atoms with Crippen molar-refractivity contribution in [3.8, 4) is 5.75 Å². The molecule has 1 aliphatic heterocycles.